The van der Waals surface area contributed by atoms with Crippen LogP contribution in [0.1, 0.15) is 32.6 Å². The summed E-state index contributed by atoms with van der Waals surface area (Å²) in [6, 6.07) is -0.0326. The average molecular weight is 255 g/mol. The van der Waals surface area contributed by atoms with E-state index in [4.69, 9.17) is 11.6 Å². The molecule has 0 saturated carbocycles. The highest BCUT2D eigenvalue weighted by Crippen LogP contribution is 2.20. The smallest absolute Gasteiger partial charge is 0.202 e. The molecule has 0 spiro atoms. The fourth-order valence-corrected chi connectivity index (χ4v) is 3.73. The van der Waals surface area contributed by atoms with Crippen LogP contribution >= 0.6 is 11.6 Å². The molecule has 1 rings (SSSR count). The predicted octanol–water partition coefficient (Wildman–Crippen LogP) is 1.32. The second kappa shape index (κ2) is 6.03. The topological polar surface area (TPSA) is 49.4 Å². The minimum absolute atomic E-state index is 0.0326. The Morgan fingerprint density at radius 2 is 2.20 bits per heavy atom. The molecule has 1 saturated heterocycles. The zero-order valence-corrected chi connectivity index (χ0v) is 10.6. The van der Waals surface area contributed by atoms with Gasteiger partial charge in [-0.1, -0.05) is 13.3 Å². The maximum atomic E-state index is 11.9. The molecule has 0 amide bonds. The van der Waals surface area contributed by atoms with E-state index < -0.39 is 10.2 Å². The van der Waals surface area contributed by atoms with E-state index in [1.54, 1.807) is 0 Å². The van der Waals surface area contributed by atoms with Crippen LogP contribution in [0.25, 0.3) is 0 Å². The Hall–Kier alpha value is 0.160. The van der Waals surface area contributed by atoms with Crippen molar-refractivity contribution in [3.05, 3.63) is 0 Å². The van der Waals surface area contributed by atoms with Crippen LogP contribution in [0.15, 0.2) is 0 Å². The summed E-state index contributed by atoms with van der Waals surface area (Å²) in [6.07, 6.45) is 3.67. The van der Waals surface area contributed by atoms with Gasteiger partial charge in [-0.05, 0) is 19.3 Å². The quantitative estimate of drug-likeness (QED) is 0.753. The number of nitrogens with zero attached hydrogens (tertiary/aromatic N) is 1. The summed E-state index contributed by atoms with van der Waals surface area (Å²) < 4.78 is 27.8. The zero-order valence-electron chi connectivity index (χ0n) is 9.08. The minimum Gasteiger partial charge on any atom is -0.202 e. The lowest BCUT2D eigenvalue weighted by atomic mass is 10.1. The normalized spacial score (nSPS) is 24.3. The lowest BCUT2D eigenvalue weighted by molar-refractivity contribution is 0.268. The van der Waals surface area contributed by atoms with Crippen LogP contribution in [0.4, 0.5) is 0 Å². The lowest BCUT2D eigenvalue weighted by Crippen LogP contribution is -2.49. The molecule has 0 bridgehead atoms. The molecule has 1 aliphatic heterocycles. The number of piperidine rings is 1. The van der Waals surface area contributed by atoms with Gasteiger partial charge in [-0.2, -0.15) is 12.7 Å². The first-order chi connectivity index (χ1) is 7.11. The number of halogens is 1. The molecule has 0 aromatic rings. The van der Waals surface area contributed by atoms with E-state index in [1.807, 2.05) is 6.92 Å². The number of nitrogens with one attached hydrogen (secondary N) is 1. The molecule has 4 nitrogen and oxygen atoms in total. The first kappa shape index (κ1) is 13.2. The Labute approximate surface area is 97.2 Å². The summed E-state index contributed by atoms with van der Waals surface area (Å²) in [4.78, 5) is 0. The van der Waals surface area contributed by atoms with Crippen LogP contribution < -0.4 is 4.72 Å². The predicted molar refractivity (Wildman–Crippen MR) is 62.3 cm³/mol. The van der Waals surface area contributed by atoms with Crippen molar-refractivity contribution in [2.75, 3.05) is 19.0 Å². The fourth-order valence-electron chi connectivity index (χ4n) is 1.76. The molecule has 15 heavy (non-hydrogen) atoms. The molecular formula is C9H19ClN2O2S. The minimum atomic E-state index is -3.31. The van der Waals surface area contributed by atoms with Crippen molar-refractivity contribution in [2.24, 2.45) is 0 Å². The van der Waals surface area contributed by atoms with Gasteiger partial charge in [0.25, 0.3) is 10.2 Å². The Morgan fingerprint density at radius 3 is 2.80 bits per heavy atom. The number of hydrogen-bond donors (Lipinski definition) is 1. The maximum absolute atomic E-state index is 11.9. The first-order valence-corrected chi connectivity index (χ1v) is 7.41. The largest absolute Gasteiger partial charge is 0.279 e. The molecule has 1 aliphatic rings. The molecule has 0 aromatic heterocycles. The van der Waals surface area contributed by atoms with Crippen molar-refractivity contribution >= 4 is 21.8 Å². The van der Waals surface area contributed by atoms with Gasteiger partial charge in [0.1, 0.15) is 0 Å². The Kier molecular flexibility index (Phi) is 5.32. The monoisotopic (exact) mass is 254 g/mol. The van der Waals surface area contributed by atoms with Crippen molar-refractivity contribution in [1.29, 1.82) is 0 Å². The third kappa shape index (κ3) is 3.59. The Morgan fingerprint density at radius 1 is 1.47 bits per heavy atom. The third-order valence-corrected chi connectivity index (χ3v) is 4.62. The zero-order chi connectivity index (χ0) is 11.3. The van der Waals surface area contributed by atoms with E-state index in [2.05, 4.69) is 4.72 Å². The van der Waals surface area contributed by atoms with Crippen molar-refractivity contribution in [2.45, 2.75) is 38.6 Å². The van der Waals surface area contributed by atoms with Gasteiger partial charge in [-0.3, -0.25) is 0 Å². The van der Waals surface area contributed by atoms with E-state index >= 15 is 0 Å². The highest BCUT2D eigenvalue weighted by Gasteiger charge is 2.30. The van der Waals surface area contributed by atoms with Crippen molar-refractivity contribution in [3.8, 4) is 0 Å². The summed E-state index contributed by atoms with van der Waals surface area (Å²) >= 11 is 5.78. The van der Waals surface area contributed by atoms with Crippen LogP contribution in [0.5, 0.6) is 0 Å². The van der Waals surface area contributed by atoms with Crippen LogP contribution in [0.3, 0.4) is 0 Å². The molecule has 6 heteroatoms. The summed E-state index contributed by atoms with van der Waals surface area (Å²) in [5, 5.41) is 0. The number of hydrogen-bond acceptors (Lipinski definition) is 2. The van der Waals surface area contributed by atoms with Gasteiger partial charge in [0, 0.05) is 25.0 Å². The summed E-state index contributed by atoms with van der Waals surface area (Å²) in [5.41, 5.74) is 0. The van der Waals surface area contributed by atoms with Gasteiger partial charge in [-0.15, -0.1) is 11.6 Å². The Bertz CT molecular complexity index is 282. The molecule has 0 radical (unpaired) electrons. The van der Waals surface area contributed by atoms with Crippen LogP contribution in [-0.4, -0.2) is 37.7 Å². The number of alkyl halides is 1. The molecule has 0 aliphatic carbocycles. The molecule has 1 fully saturated rings. The highest BCUT2D eigenvalue weighted by molar-refractivity contribution is 7.87. The second-order valence-corrected chi connectivity index (χ2v) is 5.83. The lowest BCUT2D eigenvalue weighted by Gasteiger charge is -2.33. The molecule has 0 aromatic carbocycles. The molecule has 1 unspecified atom stereocenters. The van der Waals surface area contributed by atoms with E-state index in [-0.39, 0.29) is 6.04 Å². The van der Waals surface area contributed by atoms with Gasteiger partial charge < -0.3 is 0 Å². The van der Waals surface area contributed by atoms with Crippen LogP contribution in [0.2, 0.25) is 0 Å². The van der Waals surface area contributed by atoms with Gasteiger partial charge in [0.2, 0.25) is 0 Å². The Balaban J connectivity index is 2.65. The van der Waals surface area contributed by atoms with Crippen molar-refractivity contribution < 1.29 is 8.42 Å². The van der Waals surface area contributed by atoms with Gasteiger partial charge in [0.05, 0.1) is 0 Å². The summed E-state index contributed by atoms with van der Waals surface area (Å²) in [7, 11) is -3.31. The summed E-state index contributed by atoms with van der Waals surface area (Å²) in [5.74, 6) is 0.382. The molecular weight excluding hydrogens is 236 g/mol. The molecule has 1 atom stereocenters. The first-order valence-electron chi connectivity index (χ1n) is 5.44. The third-order valence-electron chi connectivity index (χ3n) is 2.59. The molecule has 1 heterocycles. The van der Waals surface area contributed by atoms with Gasteiger partial charge >= 0.3 is 0 Å². The SMILES string of the molecule is CCCNS(=O)(=O)N1CCCCC1CCl. The van der Waals surface area contributed by atoms with Gasteiger partial charge in [0.15, 0.2) is 0 Å². The molecule has 90 valence electrons. The van der Waals surface area contributed by atoms with Crippen molar-refractivity contribution in [1.82, 2.24) is 9.03 Å². The highest BCUT2D eigenvalue weighted by atomic mass is 35.5. The van der Waals surface area contributed by atoms with E-state index in [1.165, 1.54) is 4.31 Å². The molecule has 1 N–H and O–H groups in total. The van der Waals surface area contributed by atoms with E-state index in [0.717, 1.165) is 25.7 Å². The van der Waals surface area contributed by atoms with Gasteiger partial charge in [-0.25, -0.2) is 4.72 Å². The average Bonchev–Trinajstić information content (AvgIpc) is 2.26. The van der Waals surface area contributed by atoms with E-state index in [9.17, 15) is 8.42 Å². The second-order valence-electron chi connectivity index (χ2n) is 3.81. The fraction of sp³-hybridized carbons (Fsp3) is 1.00. The standard InChI is InChI=1S/C9H19ClN2O2S/c1-2-6-11-15(13,14)12-7-4-3-5-9(12)8-10/h9,11H,2-8H2,1H3. The van der Waals surface area contributed by atoms with Crippen molar-refractivity contribution in [3.63, 3.8) is 0 Å². The summed E-state index contributed by atoms with van der Waals surface area (Å²) in [6.45, 7) is 3.03. The van der Waals surface area contributed by atoms with E-state index in [0.29, 0.717) is 19.0 Å². The van der Waals surface area contributed by atoms with Crippen LogP contribution in [0, 0.1) is 0 Å². The number of rotatable bonds is 5. The maximum Gasteiger partial charge on any atom is 0.279 e. The van der Waals surface area contributed by atoms with Crippen LogP contribution in [-0.2, 0) is 10.2 Å².